The van der Waals surface area contributed by atoms with E-state index >= 15 is 0 Å². The highest BCUT2D eigenvalue weighted by atomic mass is 19.1. The third-order valence-corrected chi connectivity index (χ3v) is 5.55. The highest BCUT2D eigenvalue weighted by Crippen LogP contribution is 2.23. The first-order valence-electron chi connectivity index (χ1n) is 11.0. The van der Waals surface area contributed by atoms with E-state index in [0.717, 1.165) is 16.7 Å². The van der Waals surface area contributed by atoms with Gasteiger partial charge >= 0.3 is 0 Å². The van der Waals surface area contributed by atoms with Gasteiger partial charge in [-0.3, -0.25) is 14.8 Å². The summed E-state index contributed by atoms with van der Waals surface area (Å²) < 4.78 is 14.6. The van der Waals surface area contributed by atoms with Crippen LogP contribution < -0.4 is 10.8 Å². The largest absolute Gasteiger partial charge is 0.346 e. The number of rotatable bonds is 9. The Morgan fingerprint density at radius 2 is 1.63 bits per heavy atom. The van der Waals surface area contributed by atoms with E-state index in [9.17, 15) is 14.0 Å². The molecule has 4 rings (SSSR count). The van der Waals surface area contributed by atoms with Crippen LogP contribution in [0.15, 0.2) is 85.1 Å². The van der Waals surface area contributed by atoms with E-state index in [2.05, 4.69) is 15.6 Å². The first-order chi connectivity index (χ1) is 17.0. The van der Waals surface area contributed by atoms with Gasteiger partial charge in [0.05, 0.1) is 25.2 Å². The third-order valence-electron chi connectivity index (χ3n) is 5.55. The van der Waals surface area contributed by atoms with Gasteiger partial charge in [0.1, 0.15) is 11.5 Å². The SMILES string of the molecule is O=C(C[C@@H](Cc1ccc(-c2ccccc2)cc1)n1cc(CNC(=O)c2ccc(F)cc2)nn1)NO. The minimum atomic E-state index is -0.544. The molecule has 0 saturated heterocycles. The van der Waals surface area contributed by atoms with Gasteiger partial charge in [-0.15, -0.1) is 5.10 Å². The fourth-order valence-corrected chi connectivity index (χ4v) is 3.70. The number of aromatic nitrogens is 3. The maximum atomic E-state index is 13.1. The number of nitrogens with one attached hydrogen (secondary N) is 2. The van der Waals surface area contributed by atoms with Crippen molar-refractivity contribution < 1.29 is 19.2 Å². The van der Waals surface area contributed by atoms with Gasteiger partial charge in [0.2, 0.25) is 5.91 Å². The number of hydrogen-bond acceptors (Lipinski definition) is 5. The number of carbonyl (C=O) groups excluding carboxylic acids is 2. The number of carbonyl (C=O) groups is 2. The quantitative estimate of drug-likeness (QED) is 0.254. The van der Waals surface area contributed by atoms with Gasteiger partial charge in [0, 0.05) is 5.56 Å². The molecule has 0 aliphatic rings. The molecule has 35 heavy (non-hydrogen) atoms. The van der Waals surface area contributed by atoms with Crippen molar-refractivity contribution in [1.29, 1.82) is 0 Å². The molecule has 3 aromatic carbocycles. The molecule has 8 nitrogen and oxygen atoms in total. The van der Waals surface area contributed by atoms with Crippen molar-refractivity contribution in [3.05, 3.63) is 108 Å². The number of benzene rings is 3. The first-order valence-corrected chi connectivity index (χ1v) is 11.0. The van der Waals surface area contributed by atoms with Crippen molar-refractivity contribution in [3.8, 4) is 11.1 Å². The van der Waals surface area contributed by atoms with E-state index in [1.165, 1.54) is 24.3 Å². The lowest BCUT2D eigenvalue weighted by Crippen LogP contribution is -2.25. The molecule has 0 aliphatic heterocycles. The maximum Gasteiger partial charge on any atom is 0.251 e. The Balaban J connectivity index is 1.44. The van der Waals surface area contributed by atoms with Gasteiger partial charge in [-0.2, -0.15) is 0 Å². The summed E-state index contributed by atoms with van der Waals surface area (Å²) >= 11 is 0. The van der Waals surface area contributed by atoms with Crippen molar-refractivity contribution in [1.82, 2.24) is 25.8 Å². The predicted octanol–water partition coefficient (Wildman–Crippen LogP) is 3.69. The smallest absolute Gasteiger partial charge is 0.251 e. The summed E-state index contributed by atoms with van der Waals surface area (Å²) in [5, 5.41) is 20.0. The first kappa shape index (κ1) is 23.8. The average molecular weight is 474 g/mol. The van der Waals surface area contributed by atoms with Gasteiger partial charge in [-0.05, 0) is 47.4 Å². The molecule has 0 unspecified atom stereocenters. The normalized spacial score (nSPS) is 11.6. The van der Waals surface area contributed by atoms with Crippen molar-refractivity contribution >= 4 is 11.8 Å². The zero-order valence-corrected chi connectivity index (χ0v) is 18.8. The van der Waals surface area contributed by atoms with Gasteiger partial charge < -0.3 is 5.32 Å². The molecule has 0 fully saturated rings. The Bertz CT molecular complexity index is 1270. The molecule has 9 heteroatoms. The summed E-state index contributed by atoms with van der Waals surface area (Å²) in [6, 6.07) is 22.9. The maximum absolute atomic E-state index is 13.1. The van der Waals surface area contributed by atoms with E-state index in [0.29, 0.717) is 17.7 Å². The fourth-order valence-electron chi connectivity index (χ4n) is 3.70. The molecular formula is C26H24FN5O3. The van der Waals surface area contributed by atoms with Crippen LogP contribution in [0.5, 0.6) is 0 Å². The molecule has 0 saturated carbocycles. The molecule has 178 valence electrons. The second-order valence-electron chi connectivity index (χ2n) is 8.04. The molecule has 0 radical (unpaired) electrons. The Hall–Kier alpha value is -4.37. The van der Waals surface area contributed by atoms with Crippen LogP contribution >= 0.6 is 0 Å². The monoisotopic (exact) mass is 473 g/mol. The minimum Gasteiger partial charge on any atom is -0.346 e. The topological polar surface area (TPSA) is 109 Å². The minimum absolute atomic E-state index is 0.0122. The van der Waals surface area contributed by atoms with Crippen molar-refractivity contribution in [2.24, 2.45) is 0 Å². The Labute approximate surface area is 201 Å². The van der Waals surface area contributed by atoms with Crippen LogP contribution in [0.3, 0.4) is 0 Å². The van der Waals surface area contributed by atoms with E-state index < -0.39 is 17.8 Å². The Morgan fingerprint density at radius 1 is 0.943 bits per heavy atom. The van der Waals surface area contributed by atoms with Crippen molar-refractivity contribution in [2.45, 2.75) is 25.4 Å². The predicted molar refractivity (Wildman–Crippen MR) is 127 cm³/mol. The molecule has 0 spiro atoms. The molecule has 4 aromatic rings. The second kappa shape index (κ2) is 11.2. The van der Waals surface area contributed by atoms with Crippen LogP contribution in [-0.2, 0) is 17.8 Å². The number of amides is 2. The summed E-state index contributed by atoms with van der Waals surface area (Å²) in [5.74, 6) is -1.33. The number of nitrogens with zero attached hydrogens (tertiary/aromatic N) is 3. The van der Waals surface area contributed by atoms with Gasteiger partial charge in [0.25, 0.3) is 5.91 Å². The lowest BCUT2D eigenvalue weighted by molar-refractivity contribution is -0.130. The van der Waals surface area contributed by atoms with Crippen molar-refractivity contribution in [2.75, 3.05) is 0 Å². The molecule has 1 aromatic heterocycles. The molecule has 0 bridgehead atoms. The highest BCUT2D eigenvalue weighted by Gasteiger charge is 2.19. The Morgan fingerprint density at radius 3 is 2.31 bits per heavy atom. The van der Waals surface area contributed by atoms with Crippen LogP contribution in [-0.4, -0.2) is 32.0 Å². The molecule has 3 N–H and O–H groups in total. The van der Waals surface area contributed by atoms with Crippen LogP contribution in [0, 0.1) is 5.82 Å². The van der Waals surface area contributed by atoms with E-state index in [-0.39, 0.29) is 18.9 Å². The standard InChI is InChI=1S/C26H24FN5O3/c27-22-12-10-21(11-13-22)26(34)28-16-23-17-32(31-29-23)24(15-25(33)30-35)14-18-6-8-20(9-7-18)19-4-2-1-3-5-19/h1-13,17,24,35H,14-16H2,(H,28,34)(H,30,33)/t24-/m1/s1. The second-order valence-corrected chi connectivity index (χ2v) is 8.04. The van der Waals surface area contributed by atoms with E-state index in [1.807, 2.05) is 54.6 Å². The van der Waals surface area contributed by atoms with Gasteiger partial charge in [-0.25, -0.2) is 14.6 Å². The average Bonchev–Trinajstić information content (AvgIpc) is 3.37. The van der Waals surface area contributed by atoms with E-state index in [4.69, 9.17) is 5.21 Å². The van der Waals surface area contributed by atoms with Crippen LogP contribution in [0.4, 0.5) is 4.39 Å². The summed E-state index contributed by atoms with van der Waals surface area (Å²) in [4.78, 5) is 24.2. The highest BCUT2D eigenvalue weighted by molar-refractivity contribution is 5.94. The Kier molecular flexibility index (Phi) is 7.59. The van der Waals surface area contributed by atoms with Gasteiger partial charge in [0.15, 0.2) is 0 Å². The zero-order chi connectivity index (χ0) is 24.6. The molecule has 1 heterocycles. The summed E-state index contributed by atoms with van der Waals surface area (Å²) in [5.41, 5.74) is 5.67. The molecule has 2 amide bonds. The zero-order valence-electron chi connectivity index (χ0n) is 18.8. The summed E-state index contributed by atoms with van der Waals surface area (Å²) in [6.07, 6.45) is 2.12. The summed E-state index contributed by atoms with van der Waals surface area (Å²) in [7, 11) is 0. The lowest BCUT2D eigenvalue weighted by Gasteiger charge is -2.16. The van der Waals surface area contributed by atoms with Crippen LogP contribution in [0.25, 0.3) is 11.1 Å². The van der Waals surface area contributed by atoms with Crippen LogP contribution in [0.2, 0.25) is 0 Å². The third kappa shape index (κ3) is 6.36. The van der Waals surface area contributed by atoms with Crippen molar-refractivity contribution in [3.63, 3.8) is 0 Å². The summed E-state index contributed by atoms with van der Waals surface area (Å²) in [6.45, 7) is 0.112. The fraction of sp³-hybridized carbons (Fsp3) is 0.154. The number of hydroxylamine groups is 1. The number of hydrogen-bond donors (Lipinski definition) is 3. The molecule has 0 aliphatic carbocycles. The van der Waals surface area contributed by atoms with Crippen LogP contribution in [0.1, 0.15) is 34.1 Å². The molecule has 1 atom stereocenters. The van der Waals surface area contributed by atoms with Gasteiger partial charge in [-0.1, -0.05) is 59.8 Å². The number of halogens is 1. The lowest BCUT2D eigenvalue weighted by atomic mass is 9.99. The molecular weight excluding hydrogens is 449 g/mol. The van der Waals surface area contributed by atoms with E-state index in [1.54, 1.807) is 16.4 Å².